The number of benzene rings is 3. The Morgan fingerprint density at radius 1 is 0.973 bits per heavy atom. The zero-order valence-electron chi connectivity index (χ0n) is 20.3. The van der Waals surface area contributed by atoms with Gasteiger partial charge in [0.05, 0.1) is 22.2 Å². The Hall–Kier alpha value is -4.12. The number of ether oxygens (including phenoxy) is 1. The van der Waals surface area contributed by atoms with Gasteiger partial charge in [-0.1, -0.05) is 60.4 Å². The summed E-state index contributed by atoms with van der Waals surface area (Å²) < 4.78 is 8.60. The van der Waals surface area contributed by atoms with Crippen LogP contribution >= 0.6 is 24.0 Å². The molecule has 37 heavy (non-hydrogen) atoms. The quantitative estimate of drug-likeness (QED) is 0.203. The lowest BCUT2D eigenvalue weighted by molar-refractivity contribution is -0.113. The molecule has 1 saturated heterocycles. The van der Waals surface area contributed by atoms with Gasteiger partial charge in [-0.2, -0.15) is 5.26 Å². The van der Waals surface area contributed by atoms with Crippen LogP contribution in [0.2, 0.25) is 0 Å². The van der Waals surface area contributed by atoms with E-state index in [0.717, 1.165) is 39.6 Å². The molecular weight excluding hydrogens is 498 g/mol. The predicted molar refractivity (Wildman–Crippen MR) is 153 cm³/mol. The Bertz CT molecular complexity index is 1560. The van der Waals surface area contributed by atoms with Crippen molar-refractivity contribution < 1.29 is 9.53 Å². The third-order valence-electron chi connectivity index (χ3n) is 6.19. The highest BCUT2D eigenvalue weighted by Crippen LogP contribution is 2.37. The second kappa shape index (κ2) is 10.5. The molecule has 4 aromatic rings. The number of anilines is 1. The minimum Gasteiger partial charge on any atom is -0.489 e. The van der Waals surface area contributed by atoms with E-state index < -0.39 is 0 Å². The second-order valence-corrected chi connectivity index (χ2v) is 10.2. The number of hydrogen-bond donors (Lipinski definition) is 0. The van der Waals surface area contributed by atoms with Gasteiger partial charge in [0.25, 0.3) is 5.91 Å². The van der Waals surface area contributed by atoms with Gasteiger partial charge in [-0.3, -0.25) is 9.69 Å². The molecule has 5 nitrogen and oxygen atoms in total. The molecule has 7 heteroatoms. The molecule has 0 atom stereocenters. The maximum absolute atomic E-state index is 13.1. The van der Waals surface area contributed by atoms with Crippen LogP contribution < -0.4 is 9.64 Å². The number of para-hydroxylation sites is 1. The molecule has 2 heterocycles. The topological polar surface area (TPSA) is 58.3 Å². The van der Waals surface area contributed by atoms with Crippen LogP contribution in [-0.4, -0.2) is 14.8 Å². The van der Waals surface area contributed by atoms with Crippen molar-refractivity contribution in [3.05, 3.63) is 118 Å². The average Bonchev–Trinajstić information content (AvgIpc) is 3.36. The van der Waals surface area contributed by atoms with Gasteiger partial charge in [-0.25, -0.2) is 0 Å². The first-order valence-electron chi connectivity index (χ1n) is 11.7. The summed E-state index contributed by atoms with van der Waals surface area (Å²) in [5.74, 6) is 0.620. The molecule has 1 fully saturated rings. The first-order chi connectivity index (χ1) is 18.0. The number of amides is 1. The Morgan fingerprint density at radius 3 is 2.41 bits per heavy atom. The van der Waals surface area contributed by atoms with Crippen molar-refractivity contribution in [1.29, 1.82) is 5.26 Å². The normalized spacial score (nSPS) is 14.3. The first kappa shape index (κ1) is 24.6. The molecule has 1 aromatic heterocycles. The zero-order chi connectivity index (χ0) is 25.9. The fraction of sp³-hybridized carbons (Fsp3) is 0.100. The Morgan fingerprint density at radius 2 is 1.68 bits per heavy atom. The van der Waals surface area contributed by atoms with E-state index in [-0.39, 0.29) is 5.91 Å². The van der Waals surface area contributed by atoms with Crippen LogP contribution in [0.3, 0.4) is 0 Å². The lowest BCUT2D eigenvalue weighted by Gasteiger charge is -2.13. The highest BCUT2D eigenvalue weighted by molar-refractivity contribution is 8.27. The number of thiocarbonyl (C=S) groups is 1. The molecule has 1 aliphatic heterocycles. The number of thioether (sulfide) groups is 1. The molecule has 1 aliphatic rings. The Kier molecular flexibility index (Phi) is 6.95. The van der Waals surface area contributed by atoms with E-state index in [9.17, 15) is 10.1 Å². The number of nitrogens with zero attached hydrogens (tertiary/aromatic N) is 3. The largest absolute Gasteiger partial charge is 0.489 e. The molecule has 0 aliphatic carbocycles. The number of aromatic nitrogens is 1. The summed E-state index contributed by atoms with van der Waals surface area (Å²) in [5.41, 5.74) is 6.30. The van der Waals surface area contributed by atoms with Crippen molar-refractivity contribution in [1.82, 2.24) is 4.57 Å². The molecule has 0 saturated carbocycles. The lowest BCUT2D eigenvalue weighted by Crippen LogP contribution is -2.27. The van der Waals surface area contributed by atoms with Crippen molar-refractivity contribution in [2.24, 2.45) is 0 Å². The summed E-state index contributed by atoms with van der Waals surface area (Å²) in [5, 5.41) is 9.27. The van der Waals surface area contributed by atoms with Crippen molar-refractivity contribution in [3.63, 3.8) is 0 Å². The monoisotopic (exact) mass is 521 g/mol. The third kappa shape index (κ3) is 4.94. The third-order valence-corrected chi connectivity index (χ3v) is 7.49. The Balaban J connectivity index is 1.35. The molecule has 0 unspecified atom stereocenters. The summed E-state index contributed by atoms with van der Waals surface area (Å²) in [6.07, 6.45) is 1.92. The van der Waals surface area contributed by atoms with Crippen LogP contribution in [-0.2, 0) is 11.4 Å². The van der Waals surface area contributed by atoms with Gasteiger partial charge in [-0.05, 0) is 74.0 Å². The van der Waals surface area contributed by atoms with E-state index in [4.69, 9.17) is 17.0 Å². The number of carbonyl (C=O) groups excluding carboxylic acids is 1. The van der Waals surface area contributed by atoms with Crippen LogP contribution in [0, 0.1) is 25.2 Å². The van der Waals surface area contributed by atoms with E-state index in [1.165, 1.54) is 11.8 Å². The highest BCUT2D eigenvalue weighted by atomic mass is 32.2. The van der Waals surface area contributed by atoms with Crippen LogP contribution in [0.15, 0.2) is 89.8 Å². The van der Waals surface area contributed by atoms with Crippen molar-refractivity contribution >= 4 is 46.0 Å². The Labute approximate surface area is 225 Å². The maximum atomic E-state index is 13.1. The van der Waals surface area contributed by atoms with Crippen LogP contribution in [0.1, 0.15) is 28.1 Å². The summed E-state index contributed by atoms with van der Waals surface area (Å²) in [6.45, 7) is 4.42. The standard InChI is InChI=1S/C30H23N3O2S2/c1-20-16-24(17-28-29(34)33(30(36)37-28)25-10-4-3-5-11-25)21(2)32(20)26-12-14-27(15-13-26)35-19-23-9-7-6-8-22(23)18-31/h3-17H,19H2,1-2H3/b28-17+. The molecule has 1 amide bonds. The number of rotatable bonds is 6. The van der Waals surface area contributed by atoms with Gasteiger partial charge in [0.2, 0.25) is 0 Å². The van der Waals surface area contributed by atoms with E-state index in [0.29, 0.717) is 21.4 Å². The number of aryl methyl sites for hydroxylation is 1. The predicted octanol–water partition coefficient (Wildman–Crippen LogP) is 6.95. The SMILES string of the molecule is Cc1cc(/C=C2/SC(=S)N(c3ccccc3)C2=O)c(C)n1-c1ccc(OCc2ccccc2C#N)cc1. The fourth-order valence-electron chi connectivity index (χ4n) is 4.35. The van der Waals surface area contributed by atoms with Crippen LogP contribution in [0.4, 0.5) is 5.69 Å². The van der Waals surface area contributed by atoms with Gasteiger partial charge in [0.1, 0.15) is 12.4 Å². The van der Waals surface area contributed by atoms with Crippen molar-refractivity contribution in [2.45, 2.75) is 20.5 Å². The summed E-state index contributed by atoms with van der Waals surface area (Å²) in [4.78, 5) is 15.3. The average molecular weight is 522 g/mol. The molecule has 182 valence electrons. The van der Waals surface area contributed by atoms with E-state index in [1.807, 2.05) is 92.7 Å². The summed E-state index contributed by atoms with van der Waals surface area (Å²) in [6, 6.07) is 29.0. The zero-order valence-corrected chi connectivity index (χ0v) is 22.0. The summed E-state index contributed by atoms with van der Waals surface area (Å²) in [7, 11) is 0. The molecule has 5 rings (SSSR count). The number of carbonyl (C=O) groups is 1. The van der Waals surface area contributed by atoms with Gasteiger partial charge < -0.3 is 9.30 Å². The van der Waals surface area contributed by atoms with E-state index >= 15 is 0 Å². The van der Waals surface area contributed by atoms with Crippen LogP contribution in [0.25, 0.3) is 11.8 Å². The van der Waals surface area contributed by atoms with Crippen molar-refractivity contribution in [3.8, 4) is 17.5 Å². The van der Waals surface area contributed by atoms with E-state index in [2.05, 4.69) is 16.7 Å². The molecule has 0 radical (unpaired) electrons. The van der Waals surface area contributed by atoms with Gasteiger partial charge in [0, 0.05) is 22.6 Å². The van der Waals surface area contributed by atoms with Crippen molar-refractivity contribution in [2.75, 3.05) is 4.90 Å². The minimum atomic E-state index is -0.106. The van der Waals surface area contributed by atoms with Gasteiger partial charge in [-0.15, -0.1) is 0 Å². The fourth-order valence-corrected chi connectivity index (χ4v) is 5.64. The van der Waals surface area contributed by atoms with Gasteiger partial charge >= 0.3 is 0 Å². The molecule has 0 spiro atoms. The maximum Gasteiger partial charge on any atom is 0.270 e. The molecule has 3 aromatic carbocycles. The second-order valence-electron chi connectivity index (χ2n) is 8.57. The summed E-state index contributed by atoms with van der Waals surface area (Å²) >= 11 is 6.83. The lowest BCUT2D eigenvalue weighted by atomic mass is 10.1. The smallest absolute Gasteiger partial charge is 0.270 e. The molecule has 0 bridgehead atoms. The molecular formula is C30H23N3O2S2. The number of nitriles is 1. The minimum absolute atomic E-state index is 0.106. The molecule has 0 N–H and O–H groups in total. The highest BCUT2D eigenvalue weighted by Gasteiger charge is 2.33. The van der Waals surface area contributed by atoms with Gasteiger partial charge in [0.15, 0.2) is 4.32 Å². The van der Waals surface area contributed by atoms with Crippen LogP contribution in [0.5, 0.6) is 5.75 Å². The van der Waals surface area contributed by atoms with E-state index in [1.54, 1.807) is 11.0 Å². The first-order valence-corrected chi connectivity index (χ1v) is 12.9. The number of hydrogen-bond acceptors (Lipinski definition) is 5.